The number of aromatic nitrogens is 1. The molecule has 0 saturated carbocycles. The van der Waals surface area contributed by atoms with Gasteiger partial charge in [-0.05, 0) is 42.8 Å². The Morgan fingerprint density at radius 1 is 1.07 bits per heavy atom. The molecule has 1 aromatic heterocycles. The topological polar surface area (TPSA) is 99.6 Å². The molecule has 3 N–H and O–H groups in total. The molecule has 0 bridgehead atoms. The smallest absolute Gasteiger partial charge is 0.407 e. The summed E-state index contributed by atoms with van der Waals surface area (Å²) in [7, 11) is 0. The van der Waals surface area contributed by atoms with Crippen LogP contribution >= 0.6 is 0 Å². The Labute approximate surface area is 163 Å². The van der Waals surface area contributed by atoms with Gasteiger partial charge in [-0.15, -0.1) is 0 Å². The molecular weight excluding hydrogens is 358 g/mol. The van der Waals surface area contributed by atoms with E-state index in [1.54, 1.807) is 6.07 Å². The fourth-order valence-electron chi connectivity index (χ4n) is 2.46. The second kappa shape index (κ2) is 10.1. The van der Waals surface area contributed by atoms with Gasteiger partial charge >= 0.3 is 6.09 Å². The lowest BCUT2D eigenvalue weighted by atomic mass is 10.1. The molecule has 0 aliphatic heterocycles. The van der Waals surface area contributed by atoms with Crippen LogP contribution in [0.2, 0.25) is 0 Å². The highest BCUT2D eigenvalue weighted by atomic mass is 16.6. The second-order valence-corrected chi connectivity index (χ2v) is 6.12. The molecule has 1 amide bonds. The van der Waals surface area contributed by atoms with Gasteiger partial charge in [0.2, 0.25) is 0 Å². The average molecular weight is 381 g/mol. The first kappa shape index (κ1) is 19.4. The van der Waals surface area contributed by atoms with Crippen molar-refractivity contribution >= 4 is 6.09 Å². The van der Waals surface area contributed by atoms with Crippen molar-refractivity contribution in [2.75, 3.05) is 13.1 Å². The van der Waals surface area contributed by atoms with Gasteiger partial charge in [0.05, 0.1) is 0 Å². The minimum atomic E-state index is -0.508. The minimum Gasteiger partial charge on any atom is -0.489 e. The molecule has 0 unspecified atom stereocenters. The van der Waals surface area contributed by atoms with Crippen molar-refractivity contribution in [1.29, 1.82) is 0 Å². The summed E-state index contributed by atoms with van der Waals surface area (Å²) in [6.07, 6.45) is 0.193. The Bertz CT molecular complexity index is 863. The standard InChI is InChI=1S/C21H23N3O4/c22-11-4-12-23-21(25)27-15-19-13-20(24-28-19)17-7-9-18(10-8-17)26-14-16-5-2-1-3-6-16/h1-3,5-10,13H,4,11-12,14-15,22H2,(H,23,25). The molecule has 0 atom stereocenters. The third kappa shape index (κ3) is 5.85. The van der Waals surface area contributed by atoms with Gasteiger partial charge in [0, 0.05) is 18.2 Å². The van der Waals surface area contributed by atoms with E-state index in [1.165, 1.54) is 0 Å². The van der Waals surface area contributed by atoms with Gasteiger partial charge < -0.3 is 25.0 Å². The minimum absolute atomic E-state index is 0.0136. The number of hydrogen-bond acceptors (Lipinski definition) is 6. The number of nitrogens with two attached hydrogens (primary N) is 1. The quantitative estimate of drug-likeness (QED) is 0.550. The molecule has 146 valence electrons. The fourth-order valence-corrected chi connectivity index (χ4v) is 2.46. The van der Waals surface area contributed by atoms with E-state index >= 15 is 0 Å². The van der Waals surface area contributed by atoms with E-state index in [-0.39, 0.29) is 6.61 Å². The first-order chi connectivity index (χ1) is 13.7. The summed E-state index contributed by atoms with van der Waals surface area (Å²) in [5, 5.41) is 6.62. The zero-order valence-electron chi connectivity index (χ0n) is 15.5. The van der Waals surface area contributed by atoms with E-state index in [0.29, 0.717) is 37.6 Å². The van der Waals surface area contributed by atoms with Crippen molar-refractivity contribution in [2.24, 2.45) is 5.73 Å². The molecule has 0 aliphatic rings. The van der Waals surface area contributed by atoms with Gasteiger partial charge in [0.25, 0.3) is 0 Å². The molecule has 0 spiro atoms. The lowest BCUT2D eigenvalue weighted by molar-refractivity contribution is 0.128. The van der Waals surface area contributed by atoms with E-state index in [0.717, 1.165) is 16.9 Å². The monoisotopic (exact) mass is 381 g/mol. The lowest BCUT2D eigenvalue weighted by Crippen LogP contribution is -2.26. The summed E-state index contributed by atoms with van der Waals surface area (Å²) in [5.41, 5.74) is 8.03. The Balaban J connectivity index is 1.49. The van der Waals surface area contributed by atoms with Gasteiger partial charge in [-0.25, -0.2) is 4.79 Å². The summed E-state index contributed by atoms with van der Waals surface area (Å²) < 4.78 is 16.1. The van der Waals surface area contributed by atoms with E-state index in [1.807, 2.05) is 54.6 Å². The van der Waals surface area contributed by atoms with Crippen molar-refractivity contribution < 1.29 is 18.8 Å². The third-order valence-electron chi connectivity index (χ3n) is 3.95. The van der Waals surface area contributed by atoms with Crippen LogP contribution in [-0.2, 0) is 18.0 Å². The van der Waals surface area contributed by atoms with Crippen LogP contribution in [0.25, 0.3) is 11.3 Å². The third-order valence-corrected chi connectivity index (χ3v) is 3.95. The maximum atomic E-state index is 11.5. The number of benzene rings is 2. The zero-order chi connectivity index (χ0) is 19.6. The van der Waals surface area contributed by atoms with E-state index in [9.17, 15) is 4.79 Å². The van der Waals surface area contributed by atoms with Gasteiger partial charge in [0.1, 0.15) is 18.1 Å². The highest BCUT2D eigenvalue weighted by Crippen LogP contribution is 2.23. The molecule has 0 saturated heterocycles. The first-order valence-electron chi connectivity index (χ1n) is 9.08. The summed E-state index contributed by atoms with van der Waals surface area (Å²) >= 11 is 0. The van der Waals surface area contributed by atoms with Crippen LogP contribution < -0.4 is 15.8 Å². The number of alkyl carbamates (subject to hydrolysis) is 1. The SMILES string of the molecule is NCCCNC(=O)OCc1cc(-c2ccc(OCc3ccccc3)cc2)no1. The van der Waals surface area contributed by atoms with Crippen molar-refractivity contribution in [3.05, 3.63) is 72.0 Å². The van der Waals surface area contributed by atoms with Crippen LogP contribution in [0.5, 0.6) is 5.75 Å². The first-order valence-corrected chi connectivity index (χ1v) is 9.08. The van der Waals surface area contributed by atoms with Crippen molar-refractivity contribution in [1.82, 2.24) is 10.5 Å². The van der Waals surface area contributed by atoms with Crippen LogP contribution in [0.3, 0.4) is 0 Å². The van der Waals surface area contributed by atoms with Crippen molar-refractivity contribution in [3.8, 4) is 17.0 Å². The van der Waals surface area contributed by atoms with E-state index in [4.69, 9.17) is 19.7 Å². The number of nitrogens with one attached hydrogen (secondary N) is 1. The van der Waals surface area contributed by atoms with Crippen LogP contribution in [0, 0.1) is 0 Å². The summed E-state index contributed by atoms with van der Waals surface area (Å²) in [6.45, 7) is 1.52. The van der Waals surface area contributed by atoms with E-state index in [2.05, 4.69) is 10.5 Å². The number of carbonyl (C=O) groups excluding carboxylic acids is 1. The maximum absolute atomic E-state index is 11.5. The largest absolute Gasteiger partial charge is 0.489 e. The lowest BCUT2D eigenvalue weighted by Gasteiger charge is -2.06. The molecule has 1 heterocycles. The van der Waals surface area contributed by atoms with E-state index < -0.39 is 6.09 Å². The number of carbonyl (C=O) groups is 1. The van der Waals surface area contributed by atoms with Crippen molar-refractivity contribution in [3.63, 3.8) is 0 Å². The van der Waals surface area contributed by atoms with Crippen LogP contribution in [0.15, 0.2) is 65.2 Å². The van der Waals surface area contributed by atoms with Gasteiger partial charge in [-0.2, -0.15) is 0 Å². The Morgan fingerprint density at radius 3 is 2.61 bits per heavy atom. The van der Waals surface area contributed by atoms with Crippen LogP contribution in [0.4, 0.5) is 4.79 Å². The van der Waals surface area contributed by atoms with Gasteiger partial charge in [-0.3, -0.25) is 0 Å². The number of hydrogen-bond donors (Lipinski definition) is 2. The number of ether oxygens (including phenoxy) is 2. The molecule has 0 radical (unpaired) electrons. The Kier molecular flexibility index (Phi) is 7.03. The zero-order valence-corrected chi connectivity index (χ0v) is 15.5. The number of amides is 1. The molecule has 3 rings (SSSR count). The number of nitrogens with zero attached hydrogens (tertiary/aromatic N) is 1. The highest BCUT2D eigenvalue weighted by molar-refractivity contribution is 5.67. The highest BCUT2D eigenvalue weighted by Gasteiger charge is 2.09. The maximum Gasteiger partial charge on any atom is 0.407 e. The molecular formula is C21H23N3O4. The molecule has 7 heteroatoms. The summed E-state index contributed by atoms with van der Waals surface area (Å²) in [6, 6.07) is 19.3. The molecule has 0 fully saturated rings. The normalized spacial score (nSPS) is 10.5. The number of rotatable bonds is 9. The van der Waals surface area contributed by atoms with Gasteiger partial charge in [-0.1, -0.05) is 35.5 Å². The Morgan fingerprint density at radius 2 is 1.86 bits per heavy atom. The second-order valence-electron chi connectivity index (χ2n) is 6.12. The predicted octanol–water partition coefficient (Wildman–Crippen LogP) is 3.50. The average Bonchev–Trinajstić information content (AvgIpc) is 3.21. The fraction of sp³-hybridized carbons (Fsp3) is 0.238. The van der Waals surface area contributed by atoms with Gasteiger partial charge in [0.15, 0.2) is 12.4 Å². The molecule has 0 aliphatic carbocycles. The molecule has 3 aromatic rings. The summed E-state index contributed by atoms with van der Waals surface area (Å²) in [4.78, 5) is 11.5. The molecule has 7 nitrogen and oxygen atoms in total. The van der Waals surface area contributed by atoms with Crippen LogP contribution in [-0.4, -0.2) is 24.3 Å². The summed E-state index contributed by atoms with van der Waals surface area (Å²) in [5.74, 6) is 1.24. The molecule has 2 aromatic carbocycles. The molecule has 28 heavy (non-hydrogen) atoms. The van der Waals surface area contributed by atoms with Crippen LogP contribution in [0.1, 0.15) is 17.7 Å². The predicted molar refractivity (Wildman–Crippen MR) is 105 cm³/mol. The Hall–Kier alpha value is -3.32. The van der Waals surface area contributed by atoms with Crippen molar-refractivity contribution in [2.45, 2.75) is 19.6 Å².